The van der Waals surface area contributed by atoms with Crippen molar-refractivity contribution in [2.75, 3.05) is 6.54 Å². The number of halogens is 1. The first-order valence-electron chi connectivity index (χ1n) is 10.5. The van der Waals surface area contributed by atoms with Gasteiger partial charge in [0, 0.05) is 28.4 Å². The van der Waals surface area contributed by atoms with Gasteiger partial charge in [-0.25, -0.2) is 0 Å². The van der Waals surface area contributed by atoms with Crippen molar-refractivity contribution in [3.05, 3.63) is 99.2 Å². The van der Waals surface area contributed by atoms with Gasteiger partial charge in [0.2, 0.25) is 0 Å². The largest absolute Gasteiger partial charge is 0.480 e. The van der Waals surface area contributed by atoms with Gasteiger partial charge in [0.05, 0.1) is 0 Å². The van der Waals surface area contributed by atoms with Gasteiger partial charge in [-0.05, 0) is 46.5 Å². The molecule has 0 aliphatic carbocycles. The van der Waals surface area contributed by atoms with Crippen molar-refractivity contribution in [1.82, 2.24) is 4.90 Å². The van der Waals surface area contributed by atoms with Crippen LogP contribution >= 0.6 is 22.9 Å². The molecule has 3 aromatic carbocycles. The summed E-state index contributed by atoms with van der Waals surface area (Å²) in [5.41, 5.74) is 1.90. The van der Waals surface area contributed by atoms with Crippen LogP contribution in [0.2, 0.25) is 5.02 Å². The van der Waals surface area contributed by atoms with Crippen molar-refractivity contribution in [1.29, 1.82) is 0 Å². The molecule has 1 atom stereocenters. The van der Waals surface area contributed by atoms with Crippen LogP contribution in [0.3, 0.4) is 0 Å². The molecule has 6 nitrogen and oxygen atoms in total. The van der Waals surface area contributed by atoms with Crippen LogP contribution in [0.15, 0.2) is 83.1 Å². The number of hydrogen-bond donors (Lipinski definition) is 2. The standard InChI is InChI=1S/C15H14ClNO2S.C10H8O3S/c16-12-4-2-1-3-11(12)14(15(18)19)17-7-5-13-10(9-17)6-8-20-13;11-14(12,13)10-7-3-5-8-4-1-2-6-9(8)10/h1-4,6,8,14H,5,7,9H2,(H,18,19);1-7H,(H,11,12,13)/t14-;/m0./s1. The molecule has 0 saturated carbocycles. The third-order valence-corrected chi connectivity index (χ3v) is 7.94. The molecule has 34 heavy (non-hydrogen) atoms. The van der Waals surface area contributed by atoms with E-state index in [4.69, 9.17) is 16.2 Å². The molecule has 2 heterocycles. The summed E-state index contributed by atoms with van der Waals surface area (Å²) in [7, 11) is -4.13. The smallest absolute Gasteiger partial charge is 0.325 e. The van der Waals surface area contributed by atoms with Crippen LogP contribution < -0.4 is 0 Å². The fraction of sp³-hybridized carbons (Fsp3) is 0.160. The van der Waals surface area contributed by atoms with E-state index in [1.807, 2.05) is 23.1 Å². The van der Waals surface area contributed by atoms with Crippen LogP contribution in [0.5, 0.6) is 0 Å². The van der Waals surface area contributed by atoms with Crippen molar-refractivity contribution in [2.45, 2.75) is 23.9 Å². The molecule has 0 fully saturated rings. The van der Waals surface area contributed by atoms with Gasteiger partial charge in [0.15, 0.2) is 0 Å². The van der Waals surface area contributed by atoms with E-state index in [1.165, 1.54) is 16.5 Å². The molecule has 0 saturated heterocycles. The fourth-order valence-corrected chi connectivity index (χ4v) is 5.94. The zero-order valence-corrected chi connectivity index (χ0v) is 20.4. The molecule has 0 bridgehead atoms. The third-order valence-electron chi connectivity index (χ3n) is 5.66. The van der Waals surface area contributed by atoms with E-state index < -0.39 is 22.1 Å². The number of rotatable bonds is 4. The first-order valence-corrected chi connectivity index (χ1v) is 13.2. The van der Waals surface area contributed by atoms with Crippen LogP contribution in [0.4, 0.5) is 0 Å². The van der Waals surface area contributed by atoms with Crippen LogP contribution in [-0.4, -0.2) is 35.5 Å². The lowest BCUT2D eigenvalue weighted by atomic mass is 10.0. The monoisotopic (exact) mass is 515 g/mol. The molecule has 0 radical (unpaired) electrons. The molecule has 4 aromatic rings. The number of carboxylic acid groups (broad SMARTS) is 1. The Morgan fingerprint density at radius 1 is 1.00 bits per heavy atom. The number of carbonyl (C=O) groups is 1. The summed E-state index contributed by atoms with van der Waals surface area (Å²) < 4.78 is 31.0. The Hall–Kier alpha value is -2.75. The van der Waals surface area contributed by atoms with Gasteiger partial charge in [0.1, 0.15) is 10.9 Å². The van der Waals surface area contributed by atoms with E-state index in [0.717, 1.165) is 18.4 Å². The molecule has 1 aromatic heterocycles. The third kappa shape index (κ3) is 5.32. The molecular formula is C25H22ClNO5S2. The number of fused-ring (bicyclic) bond motifs is 2. The number of aliphatic carboxylic acids is 1. The summed E-state index contributed by atoms with van der Waals surface area (Å²) in [4.78, 5) is 15.0. The van der Waals surface area contributed by atoms with Crippen LogP contribution in [0, 0.1) is 0 Å². The lowest BCUT2D eigenvalue weighted by Crippen LogP contribution is -2.37. The summed E-state index contributed by atoms with van der Waals surface area (Å²) in [6.45, 7) is 1.41. The maximum Gasteiger partial charge on any atom is 0.325 e. The highest BCUT2D eigenvalue weighted by Gasteiger charge is 2.31. The lowest BCUT2D eigenvalue weighted by molar-refractivity contribution is -0.144. The highest BCUT2D eigenvalue weighted by molar-refractivity contribution is 7.86. The highest BCUT2D eigenvalue weighted by Crippen LogP contribution is 2.33. The zero-order chi connectivity index (χ0) is 24.3. The van der Waals surface area contributed by atoms with E-state index in [2.05, 4.69) is 11.4 Å². The summed E-state index contributed by atoms with van der Waals surface area (Å²) in [5, 5.41) is 13.5. The molecule has 176 valence electrons. The Morgan fingerprint density at radius 2 is 1.71 bits per heavy atom. The van der Waals surface area contributed by atoms with Crippen LogP contribution in [-0.2, 0) is 27.9 Å². The SMILES string of the molecule is O=C(O)[C@H](c1ccccc1Cl)N1CCc2sccc2C1.O=S(=O)(O)c1cccc2ccccc12. The second-order valence-corrected chi connectivity index (χ2v) is 10.6. The second-order valence-electron chi connectivity index (χ2n) is 7.80. The van der Waals surface area contributed by atoms with Crippen LogP contribution in [0.1, 0.15) is 22.0 Å². The minimum absolute atomic E-state index is 0.0457. The summed E-state index contributed by atoms with van der Waals surface area (Å²) >= 11 is 7.92. The Bertz CT molecular complexity index is 1430. The van der Waals surface area contributed by atoms with Gasteiger partial charge < -0.3 is 5.11 Å². The minimum Gasteiger partial charge on any atom is -0.480 e. The van der Waals surface area contributed by atoms with E-state index in [-0.39, 0.29) is 4.90 Å². The predicted octanol–water partition coefficient (Wildman–Crippen LogP) is 5.67. The molecule has 2 N–H and O–H groups in total. The normalized spacial score (nSPS) is 14.6. The van der Waals surface area contributed by atoms with E-state index in [0.29, 0.717) is 22.5 Å². The maximum atomic E-state index is 11.7. The molecular weight excluding hydrogens is 494 g/mol. The predicted molar refractivity (Wildman–Crippen MR) is 134 cm³/mol. The van der Waals surface area contributed by atoms with Crippen molar-refractivity contribution in [2.24, 2.45) is 0 Å². The molecule has 0 unspecified atom stereocenters. The van der Waals surface area contributed by atoms with Crippen molar-refractivity contribution in [3.8, 4) is 0 Å². The van der Waals surface area contributed by atoms with Gasteiger partial charge in [0.25, 0.3) is 10.1 Å². The first kappa shape index (κ1) is 24.4. The lowest BCUT2D eigenvalue weighted by Gasteiger charge is -2.32. The Kier molecular flexibility index (Phi) is 7.35. The fourth-order valence-electron chi connectivity index (χ4n) is 4.09. The van der Waals surface area contributed by atoms with Crippen molar-refractivity contribution in [3.63, 3.8) is 0 Å². The first-order chi connectivity index (χ1) is 16.3. The van der Waals surface area contributed by atoms with Crippen molar-refractivity contribution < 1.29 is 22.9 Å². The van der Waals surface area contributed by atoms with Gasteiger partial charge in [-0.15, -0.1) is 11.3 Å². The van der Waals surface area contributed by atoms with Crippen LogP contribution in [0.25, 0.3) is 10.8 Å². The summed E-state index contributed by atoms with van der Waals surface area (Å²) in [6, 6.07) is 20.4. The molecule has 0 spiro atoms. The topological polar surface area (TPSA) is 94.9 Å². The van der Waals surface area contributed by atoms with Gasteiger partial charge >= 0.3 is 5.97 Å². The van der Waals surface area contributed by atoms with Gasteiger partial charge in [-0.3, -0.25) is 14.2 Å². The number of hydrogen-bond acceptors (Lipinski definition) is 5. The zero-order valence-electron chi connectivity index (χ0n) is 18.0. The molecule has 1 aliphatic rings. The minimum atomic E-state index is -4.13. The Balaban J connectivity index is 0.000000172. The second kappa shape index (κ2) is 10.2. The highest BCUT2D eigenvalue weighted by atomic mass is 35.5. The van der Waals surface area contributed by atoms with E-state index >= 15 is 0 Å². The Morgan fingerprint density at radius 3 is 2.44 bits per heavy atom. The summed E-state index contributed by atoms with van der Waals surface area (Å²) in [6.07, 6.45) is 0.904. The Labute approximate surface area is 206 Å². The molecule has 1 aliphatic heterocycles. The molecule has 9 heteroatoms. The van der Waals surface area contributed by atoms with E-state index in [1.54, 1.807) is 53.8 Å². The number of nitrogens with zero attached hydrogens (tertiary/aromatic N) is 1. The quantitative estimate of drug-likeness (QED) is 0.340. The molecule has 0 amide bonds. The average Bonchev–Trinajstić information content (AvgIpc) is 3.28. The number of benzene rings is 3. The number of carboxylic acids is 1. The maximum absolute atomic E-state index is 11.7. The number of thiophene rings is 1. The van der Waals surface area contributed by atoms with Crippen molar-refractivity contribution >= 4 is 49.8 Å². The van der Waals surface area contributed by atoms with Gasteiger partial charge in [-0.1, -0.05) is 66.2 Å². The molecule has 5 rings (SSSR count). The van der Waals surface area contributed by atoms with Gasteiger partial charge in [-0.2, -0.15) is 8.42 Å². The van der Waals surface area contributed by atoms with E-state index in [9.17, 15) is 18.3 Å². The summed E-state index contributed by atoms with van der Waals surface area (Å²) in [5.74, 6) is -0.850. The average molecular weight is 516 g/mol.